The zero-order valence-corrected chi connectivity index (χ0v) is 14.8. The minimum absolute atomic E-state index is 0.271. The highest BCUT2D eigenvalue weighted by Crippen LogP contribution is 2.33. The van der Waals surface area contributed by atoms with Gasteiger partial charge < -0.3 is 5.11 Å². The first-order valence-electron chi connectivity index (χ1n) is 8.05. The summed E-state index contributed by atoms with van der Waals surface area (Å²) in [7, 11) is -1.31. The molecule has 130 valence electrons. The van der Waals surface area contributed by atoms with Gasteiger partial charge in [-0.3, -0.25) is 9.58 Å². The van der Waals surface area contributed by atoms with E-state index in [0.29, 0.717) is 6.54 Å². The molecule has 2 unspecified atom stereocenters. The monoisotopic (exact) mass is 349 g/mol. The summed E-state index contributed by atoms with van der Waals surface area (Å²) in [6.45, 7) is 1.47. The molecule has 1 aliphatic rings. The zero-order valence-electron chi connectivity index (χ0n) is 14.0. The van der Waals surface area contributed by atoms with Gasteiger partial charge in [-0.15, -0.1) is 0 Å². The van der Waals surface area contributed by atoms with Gasteiger partial charge in [-0.05, 0) is 37.1 Å². The van der Waals surface area contributed by atoms with E-state index in [1.807, 2.05) is 19.4 Å². The molecule has 1 fully saturated rings. The van der Waals surface area contributed by atoms with Gasteiger partial charge in [0.25, 0.3) is 0 Å². The average molecular weight is 349 g/mol. The predicted octanol–water partition coefficient (Wildman–Crippen LogP) is 1.69. The molecule has 7 heteroatoms. The first-order valence-corrected chi connectivity index (χ1v) is 9.94. The molecule has 0 bridgehead atoms. The van der Waals surface area contributed by atoms with Gasteiger partial charge in [-0.25, -0.2) is 8.42 Å². The van der Waals surface area contributed by atoms with Crippen molar-refractivity contribution >= 4 is 9.84 Å². The molecular weight excluding hydrogens is 326 g/mol. The smallest absolute Gasteiger partial charge is 0.175 e. The van der Waals surface area contributed by atoms with Crippen molar-refractivity contribution in [2.75, 3.05) is 19.3 Å². The average Bonchev–Trinajstić information content (AvgIpc) is 3.15. The van der Waals surface area contributed by atoms with Crippen LogP contribution in [0.4, 0.5) is 0 Å². The molecule has 24 heavy (non-hydrogen) atoms. The Labute approximate surface area is 142 Å². The molecule has 2 aromatic rings. The van der Waals surface area contributed by atoms with Crippen molar-refractivity contribution in [3.63, 3.8) is 0 Å². The van der Waals surface area contributed by atoms with Crippen LogP contribution in [0.5, 0.6) is 0 Å². The maximum absolute atomic E-state index is 11.5. The topological polar surface area (TPSA) is 75.4 Å². The van der Waals surface area contributed by atoms with Crippen LogP contribution in [0.3, 0.4) is 0 Å². The van der Waals surface area contributed by atoms with Gasteiger partial charge in [0, 0.05) is 37.7 Å². The van der Waals surface area contributed by atoms with E-state index < -0.39 is 15.9 Å². The summed E-state index contributed by atoms with van der Waals surface area (Å²) in [4.78, 5) is 2.54. The fraction of sp³-hybridized carbons (Fsp3) is 0.471. The maximum Gasteiger partial charge on any atom is 0.175 e. The van der Waals surface area contributed by atoms with Crippen LogP contribution in [0, 0.1) is 0 Å². The van der Waals surface area contributed by atoms with Crippen molar-refractivity contribution in [1.29, 1.82) is 0 Å². The summed E-state index contributed by atoms with van der Waals surface area (Å²) in [5.41, 5.74) is 1.91. The number of aliphatic hydroxyl groups is 1. The quantitative estimate of drug-likeness (QED) is 0.889. The molecule has 0 aliphatic carbocycles. The first kappa shape index (κ1) is 17.1. The maximum atomic E-state index is 11.5. The molecule has 0 amide bonds. The normalized spacial score (nSPS) is 20.4. The van der Waals surface area contributed by atoms with E-state index >= 15 is 0 Å². The second-order valence-electron chi connectivity index (χ2n) is 6.46. The van der Waals surface area contributed by atoms with Gasteiger partial charge in [-0.1, -0.05) is 12.1 Å². The van der Waals surface area contributed by atoms with Crippen LogP contribution in [-0.2, 0) is 16.9 Å². The van der Waals surface area contributed by atoms with Crippen LogP contribution < -0.4 is 0 Å². The van der Waals surface area contributed by atoms with Crippen molar-refractivity contribution in [3.05, 3.63) is 47.8 Å². The fourth-order valence-electron chi connectivity index (χ4n) is 3.30. The van der Waals surface area contributed by atoms with Gasteiger partial charge in [0.1, 0.15) is 0 Å². The Balaban J connectivity index is 1.70. The Kier molecular flexibility index (Phi) is 4.76. The largest absolute Gasteiger partial charge is 0.387 e. The van der Waals surface area contributed by atoms with E-state index in [1.165, 1.54) is 11.8 Å². The molecule has 2 heterocycles. The summed E-state index contributed by atoms with van der Waals surface area (Å²) in [5, 5.41) is 14.8. The second kappa shape index (κ2) is 6.66. The lowest BCUT2D eigenvalue weighted by molar-refractivity contribution is 0.106. The molecule has 0 saturated carbocycles. The molecule has 1 N–H and O–H groups in total. The lowest BCUT2D eigenvalue weighted by Gasteiger charge is -2.26. The summed E-state index contributed by atoms with van der Waals surface area (Å²) in [5.74, 6) is 0. The number of β-amino-alcohol motifs (C(OH)–C–C–N with tert-alkyl or cyclic N) is 1. The van der Waals surface area contributed by atoms with Crippen LogP contribution >= 0.6 is 0 Å². The lowest BCUT2D eigenvalue weighted by Crippen LogP contribution is -2.28. The van der Waals surface area contributed by atoms with Gasteiger partial charge in [-0.2, -0.15) is 5.10 Å². The Morgan fingerprint density at radius 2 is 2.04 bits per heavy atom. The summed E-state index contributed by atoms with van der Waals surface area (Å²) >= 11 is 0. The van der Waals surface area contributed by atoms with Crippen LogP contribution in [-0.4, -0.2) is 47.6 Å². The van der Waals surface area contributed by atoms with Crippen LogP contribution in [0.2, 0.25) is 0 Å². The number of aliphatic hydroxyl groups excluding tert-OH is 1. The first-order chi connectivity index (χ1) is 11.3. The Morgan fingerprint density at radius 3 is 2.62 bits per heavy atom. The second-order valence-corrected chi connectivity index (χ2v) is 8.47. The third-order valence-electron chi connectivity index (χ3n) is 4.57. The van der Waals surface area contributed by atoms with E-state index in [2.05, 4.69) is 10.00 Å². The van der Waals surface area contributed by atoms with Crippen molar-refractivity contribution in [1.82, 2.24) is 14.7 Å². The molecule has 6 nitrogen and oxygen atoms in total. The molecule has 1 aliphatic heterocycles. The van der Waals surface area contributed by atoms with Crippen molar-refractivity contribution in [3.8, 4) is 0 Å². The number of aromatic nitrogens is 2. The number of likely N-dealkylation sites (tertiary alicyclic amines) is 1. The number of aryl methyl sites for hydroxylation is 1. The number of sulfone groups is 1. The summed E-state index contributed by atoms with van der Waals surface area (Å²) < 4.78 is 24.8. The van der Waals surface area contributed by atoms with E-state index in [9.17, 15) is 13.5 Å². The molecule has 0 spiro atoms. The van der Waals surface area contributed by atoms with Crippen molar-refractivity contribution < 1.29 is 13.5 Å². The summed E-state index contributed by atoms with van der Waals surface area (Å²) in [6.07, 6.45) is 6.61. The number of hydrogen-bond acceptors (Lipinski definition) is 5. The van der Waals surface area contributed by atoms with Gasteiger partial charge in [0.2, 0.25) is 0 Å². The number of nitrogens with zero attached hydrogens (tertiary/aromatic N) is 3. The number of hydrogen-bond donors (Lipinski definition) is 1. The van der Waals surface area contributed by atoms with E-state index in [-0.39, 0.29) is 10.9 Å². The van der Waals surface area contributed by atoms with E-state index in [1.54, 1.807) is 28.9 Å². The molecule has 0 radical (unpaired) electrons. The van der Waals surface area contributed by atoms with Gasteiger partial charge >= 0.3 is 0 Å². The van der Waals surface area contributed by atoms with Crippen molar-refractivity contribution in [2.45, 2.75) is 29.9 Å². The SMILES string of the molecule is Cn1cc(C2CCCN2CC(O)c2ccc(S(C)(=O)=O)cc2)cn1. The molecular formula is C17H23N3O3S. The number of rotatable bonds is 5. The molecule has 2 atom stereocenters. The van der Waals surface area contributed by atoms with E-state index in [0.717, 1.165) is 24.9 Å². The Morgan fingerprint density at radius 1 is 1.33 bits per heavy atom. The zero-order chi connectivity index (χ0) is 17.3. The molecule has 1 aromatic heterocycles. The minimum atomic E-state index is -3.21. The van der Waals surface area contributed by atoms with E-state index in [4.69, 9.17) is 0 Å². The molecule has 1 saturated heterocycles. The van der Waals surface area contributed by atoms with Crippen LogP contribution in [0.25, 0.3) is 0 Å². The predicted molar refractivity (Wildman–Crippen MR) is 91.3 cm³/mol. The standard InChI is InChI=1S/C17H23N3O3S/c1-19-11-14(10-18-19)16-4-3-9-20(16)12-17(21)13-5-7-15(8-6-13)24(2,22)23/h5-8,10-11,16-17,21H,3-4,9,12H2,1-2H3. The minimum Gasteiger partial charge on any atom is -0.387 e. The third-order valence-corrected chi connectivity index (χ3v) is 5.70. The highest BCUT2D eigenvalue weighted by molar-refractivity contribution is 7.90. The third kappa shape index (κ3) is 3.68. The Hall–Kier alpha value is -1.70. The van der Waals surface area contributed by atoms with Crippen LogP contribution in [0.1, 0.15) is 36.1 Å². The molecule has 1 aromatic carbocycles. The van der Waals surface area contributed by atoms with Crippen LogP contribution in [0.15, 0.2) is 41.6 Å². The fourth-order valence-corrected chi connectivity index (χ4v) is 3.93. The van der Waals surface area contributed by atoms with Gasteiger partial charge in [0.15, 0.2) is 9.84 Å². The van der Waals surface area contributed by atoms with Crippen molar-refractivity contribution in [2.24, 2.45) is 7.05 Å². The Bertz CT molecular complexity index is 799. The highest BCUT2D eigenvalue weighted by Gasteiger charge is 2.28. The highest BCUT2D eigenvalue weighted by atomic mass is 32.2. The molecule has 3 rings (SSSR count). The van der Waals surface area contributed by atoms with Gasteiger partial charge in [0.05, 0.1) is 17.2 Å². The summed E-state index contributed by atoms with van der Waals surface area (Å²) in [6, 6.07) is 6.77. The number of benzene rings is 1. The lowest BCUT2D eigenvalue weighted by atomic mass is 10.1.